The van der Waals surface area contributed by atoms with Crippen LogP contribution >= 0.6 is 0 Å². The molecular formula is C21H23N5O2. The smallest absolute Gasteiger partial charge is 0.256 e. The zero-order chi connectivity index (χ0) is 19.1. The summed E-state index contributed by atoms with van der Waals surface area (Å²) in [6, 6.07) is 9.92. The van der Waals surface area contributed by atoms with Gasteiger partial charge >= 0.3 is 0 Å². The van der Waals surface area contributed by atoms with Crippen LogP contribution in [0.3, 0.4) is 0 Å². The van der Waals surface area contributed by atoms with Gasteiger partial charge in [0.2, 0.25) is 5.91 Å². The molecule has 0 bridgehead atoms. The molecule has 0 aliphatic carbocycles. The third-order valence-electron chi connectivity index (χ3n) is 5.81. The van der Waals surface area contributed by atoms with Crippen LogP contribution < -0.4 is 0 Å². The van der Waals surface area contributed by atoms with Gasteiger partial charge < -0.3 is 23.9 Å². The van der Waals surface area contributed by atoms with Crippen LogP contribution in [0.5, 0.6) is 0 Å². The van der Waals surface area contributed by atoms with E-state index in [2.05, 4.69) is 20.2 Å². The first-order chi connectivity index (χ1) is 13.7. The Morgan fingerprint density at radius 2 is 1.50 bits per heavy atom. The Bertz CT molecular complexity index is 1030. The number of amides is 2. The number of H-pyrrole nitrogens is 1. The lowest BCUT2D eigenvalue weighted by Crippen LogP contribution is -2.40. The fraction of sp³-hybridized carbons (Fsp3) is 0.333. The Labute approximate surface area is 163 Å². The molecule has 0 unspecified atom stereocenters. The van der Waals surface area contributed by atoms with Crippen LogP contribution in [0.15, 0.2) is 48.9 Å². The third-order valence-corrected chi connectivity index (χ3v) is 5.81. The molecule has 0 saturated heterocycles. The van der Waals surface area contributed by atoms with Crippen molar-refractivity contribution < 1.29 is 9.59 Å². The Morgan fingerprint density at radius 3 is 2.21 bits per heavy atom. The van der Waals surface area contributed by atoms with Crippen LogP contribution in [0, 0.1) is 0 Å². The zero-order valence-corrected chi connectivity index (χ0v) is 15.7. The van der Waals surface area contributed by atoms with E-state index < -0.39 is 0 Å². The van der Waals surface area contributed by atoms with E-state index in [9.17, 15) is 9.59 Å². The van der Waals surface area contributed by atoms with Crippen LogP contribution in [0.1, 0.15) is 27.4 Å². The highest BCUT2D eigenvalue weighted by Crippen LogP contribution is 2.19. The molecular weight excluding hydrogens is 354 g/mol. The number of carbonyl (C=O) groups is 2. The number of nitrogens with zero attached hydrogens (tertiary/aromatic N) is 4. The molecule has 2 aliphatic heterocycles. The van der Waals surface area contributed by atoms with E-state index in [0.717, 1.165) is 24.5 Å². The van der Waals surface area contributed by atoms with E-state index in [1.54, 1.807) is 12.3 Å². The molecule has 0 spiro atoms. The standard InChI is InChI=1S/C21H23N5O2/c27-20(25-11-9-23-7-1-3-16(23)14-25)13-19-18(5-6-22-19)21(28)26-12-10-24-8-2-4-17(24)15-26/h1-8,22H,9-15H2. The van der Waals surface area contributed by atoms with E-state index in [0.29, 0.717) is 37.4 Å². The minimum atomic E-state index is -0.0102. The van der Waals surface area contributed by atoms with Gasteiger partial charge in [0.15, 0.2) is 0 Å². The highest BCUT2D eigenvalue weighted by molar-refractivity contribution is 5.96. The summed E-state index contributed by atoms with van der Waals surface area (Å²) in [7, 11) is 0. The van der Waals surface area contributed by atoms with Gasteiger partial charge in [-0.05, 0) is 30.3 Å². The first-order valence-electron chi connectivity index (χ1n) is 9.70. The molecule has 0 fully saturated rings. The number of aromatic amines is 1. The van der Waals surface area contributed by atoms with Gasteiger partial charge in [-0.1, -0.05) is 0 Å². The number of aromatic nitrogens is 3. The van der Waals surface area contributed by atoms with Gasteiger partial charge in [-0.25, -0.2) is 0 Å². The summed E-state index contributed by atoms with van der Waals surface area (Å²) >= 11 is 0. The van der Waals surface area contributed by atoms with Crippen LogP contribution in [0.4, 0.5) is 0 Å². The van der Waals surface area contributed by atoms with E-state index in [-0.39, 0.29) is 18.2 Å². The lowest BCUT2D eigenvalue weighted by molar-refractivity contribution is -0.131. The maximum atomic E-state index is 13.1. The molecule has 0 aromatic carbocycles. The largest absolute Gasteiger partial charge is 0.364 e. The second-order valence-electron chi connectivity index (χ2n) is 7.47. The second-order valence-corrected chi connectivity index (χ2v) is 7.47. The summed E-state index contributed by atoms with van der Waals surface area (Å²) in [4.78, 5) is 32.8. The fourth-order valence-electron chi connectivity index (χ4n) is 4.20. The summed E-state index contributed by atoms with van der Waals surface area (Å²) in [6.07, 6.45) is 6.07. The van der Waals surface area contributed by atoms with Crippen molar-refractivity contribution in [3.05, 3.63) is 71.6 Å². The topological polar surface area (TPSA) is 66.3 Å². The van der Waals surface area contributed by atoms with Crippen LogP contribution in [-0.2, 0) is 37.4 Å². The van der Waals surface area contributed by atoms with E-state index in [4.69, 9.17) is 0 Å². The zero-order valence-electron chi connectivity index (χ0n) is 15.7. The molecule has 0 saturated carbocycles. The predicted molar refractivity (Wildman–Crippen MR) is 104 cm³/mol. The SMILES string of the molecule is O=C(Cc1[nH]ccc1C(=O)N1CCn2cccc2C1)N1CCn2cccc2C1. The molecule has 28 heavy (non-hydrogen) atoms. The Morgan fingerprint density at radius 1 is 0.857 bits per heavy atom. The average molecular weight is 377 g/mol. The number of hydrogen-bond donors (Lipinski definition) is 1. The lowest BCUT2D eigenvalue weighted by atomic mass is 10.1. The van der Waals surface area contributed by atoms with Crippen molar-refractivity contribution >= 4 is 11.8 Å². The van der Waals surface area contributed by atoms with Crippen molar-refractivity contribution in [2.75, 3.05) is 13.1 Å². The van der Waals surface area contributed by atoms with Crippen molar-refractivity contribution in [2.45, 2.75) is 32.6 Å². The molecule has 1 N–H and O–H groups in total. The molecule has 2 aliphatic rings. The molecule has 2 amide bonds. The number of carbonyl (C=O) groups excluding carboxylic acids is 2. The fourth-order valence-corrected chi connectivity index (χ4v) is 4.20. The quantitative estimate of drug-likeness (QED) is 0.757. The van der Waals surface area contributed by atoms with Gasteiger partial charge in [0.25, 0.3) is 5.91 Å². The molecule has 0 radical (unpaired) electrons. The van der Waals surface area contributed by atoms with Gasteiger partial charge in [0.05, 0.1) is 25.1 Å². The summed E-state index contributed by atoms with van der Waals surface area (Å²) < 4.78 is 4.36. The molecule has 3 aromatic rings. The van der Waals surface area contributed by atoms with Crippen LogP contribution in [-0.4, -0.2) is 48.8 Å². The maximum absolute atomic E-state index is 13.1. The number of nitrogens with one attached hydrogen (secondary N) is 1. The monoisotopic (exact) mass is 377 g/mol. The van der Waals surface area contributed by atoms with Crippen LogP contribution in [0.2, 0.25) is 0 Å². The van der Waals surface area contributed by atoms with Crippen molar-refractivity contribution in [1.29, 1.82) is 0 Å². The first-order valence-corrected chi connectivity index (χ1v) is 9.70. The van der Waals surface area contributed by atoms with E-state index in [1.165, 1.54) is 0 Å². The molecule has 7 heteroatoms. The highest BCUT2D eigenvalue weighted by atomic mass is 16.2. The molecule has 0 atom stereocenters. The summed E-state index contributed by atoms with van der Waals surface area (Å²) in [5, 5.41) is 0. The van der Waals surface area contributed by atoms with Crippen molar-refractivity contribution in [1.82, 2.24) is 23.9 Å². The average Bonchev–Trinajstić information content (AvgIpc) is 3.46. The molecule has 5 heterocycles. The van der Waals surface area contributed by atoms with E-state index in [1.807, 2.05) is 40.4 Å². The molecule has 144 valence electrons. The maximum Gasteiger partial charge on any atom is 0.256 e. The molecule has 7 nitrogen and oxygen atoms in total. The van der Waals surface area contributed by atoms with Crippen molar-refractivity contribution in [3.63, 3.8) is 0 Å². The van der Waals surface area contributed by atoms with Gasteiger partial charge in [-0.3, -0.25) is 9.59 Å². The summed E-state index contributed by atoms with van der Waals surface area (Å²) in [5.41, 5.74) is 3.61. The Hall–Kier alpha value is -3.22. The van der Waals surface area contributed by atoms with Crippen LogP contribution in [0.25, 0.3) is 0 Å². The number of rotatable bonds is 3. The normalized spacial score (nSPS) is 16.0. The lowest BCUT2D eigenvalue weighted by Gasteiger charge is -2.30. The minimum absolute atomic E-state index is 0.0102. The summed E-state index contributed by atoms with van der Waals surface area (Å²) in [5.74, 6) is 0.0421. The van der Waals surface area contributed by atoms with Gasteiger partial charge in [-0.2, -0.15) is 0 Å². The second kappa shape index (κ2) is 6.74. The van der Waals surface area contributed by atoms with Crippen molar-refractivity contribution in [2.24, 2.45) is 0 Å². The molecule has 3 aromatic heterocycles. The third kappa shape index (κ3) is 2.93. The summed E-state index contributed by atoms with van der Waals surface area (Å²) in [6.45, 7) is 4.24. The number of hydrogen-bond acceptors (Lipinski definition) is 2. The Balaban J connectivity index is 1.29. The Kier molecular flexibility index (Phi) is 4.07. The van der Waals surface area contributed by atoms with Gasteiger partial charge in [-0.15, -0.1) is 0 Å². The molecule has 5 rings (SSSR count). The van der Waals surface area contributed by atoms with E-state index >= 15 is 0 Å². The predicted octanol–water partition coefficient (Wildman–Crippen LogP) is 1.86. The minimum Gasteiger partial charge on any atom is -0.364 e. The number of fused-ring (bicyclic) bond motifs is 2. The van der Waals surface area contributed by atoms with Crippen molar-refractivity contribution in [3.8, 4) is 0 Å². The van der Waals surface area contributed by atoms with Gasteiger partial charge in [0.1, 0.15) is 0 Å². The highest BCUT2D eigenvalue weighted by Gasteiger charge is 2.26. The first kappa shape index (κ1) is 16.9. The van der Waals surface area contributed by atoms with Gasteiger partial charge in [0, 0.05) is 61.9 Å².